The number of hydrogen-bond donors (Lipinski definition) is 1. The summed E-state index contributed by atoms with van der Waals surface area (Å²) in [5, 5.41) is 0.791. The molecule has 0 saturated carbocycles. The van der Waals surface area contributed by atoms with Crippen molar-refractivity contribution < 1.29 is 14.3 Å². The van der Waals surface area contributed by atoms with Gasteiger partial charge >= 0.3 is 0 Å². The molecule has 1 N–H and O–H groups in total. The van der Waals surface area contributed by atoms with Gasteiger partial charge in [0.05, 0.1) is 11.4 Å². The molecule has 1 saturated heterocycles. The lowest BCUT2D eigenvalue weighted by Gasteiger charge is -2.39. The number of aromatic nitrogens is 2. The number of aromatic amines is 1. The molecule has 184 valence electrons. The van der Waals surface area contributed by atoms with Crippen LogP contribution in [0.1, 0.15) is 42.6 Å². The number of fused-ring (bicyclic) bond motifs is 4. The maximum absolute atomic E-state index is 13.1. The number of para-hydroxylation sites is 2. The minimum absolute atomic E-state index is 0.0209. The van der Waals surface area contributed by atoms with E-state index in [-0.39, 0.29) is 24.1 Å². The van der Waals surface area contributed by atoms with Crippen LogP contribution in [0.25, 0.3) is 10.2 Å². The van der Waals surface area contributed by atoms with Crippen molar-refractivity contribution in [3.8, 4) is 11.5 Å². The van der Waals surface area contributed by atoms with Gasteiger partial charge in [0, 0.05) is 31.1 Å². The standard InChI is InChI=1S/C26H30N4O4S/c1-15-7-8-17-21(13-15)35-25-22(17)24(31)27-23(28-25)16(2)29-9-11-30(12-10-29)26(32)20-14-33-18-5-3-4-6-19(18)34-20/h3-6,15-16,20H,7-14H2,1-2H3,(H,27,28,31). The van der Waals surface area contributed by atoms with Gasteiger partial charge in [-0.3, -0.25) is 14.5 Å². The second kappa shape index (κ2) is 8.95. The summed E-state index contributed by atoms with van der Waals surface area (Å²) in [4.78, 5) is 40.4. The topological polar surface area (TPSA) is 87.8 Å². The van der Waals surface area contributed by atoms with Crippen molar-refractivity contribution in [1.82, 2.24) is 19.8 Å². The Morgan fingerprint density at radius 2 is 1.97 bits per heavy atom. The number of nitrogens with zero attached hydrogens (tertiary/aromatic N) is 3. The summed E-state index contributed by atoms with van der Waals surface area (Å²) in [6.45, 7) is 7.18. The molecule has 35 heavy (non-hydrogen) atoms. The second-order valence-corrected chi connectivity index (χ2v) is 11.0. The monoisotopic (exact) mass is 494 g/mol. The highest BCUT2D eigenvalue weighted by Crippen LogP contribution is 2.36. The molecular formula is C26H30N4O4S. The van der Waals surface area contributed by atoms with E-state index in [1.54, 1.807) is 11.3 Å². The van der Waals surface area contributed by atoms with E-state index >= 15 is 0 Å². The van der Waals surface area contributed by atoms with Crippen LogP contribution in [-0.4, -0.2) is 64.6 Å². The van der Waals surface area contributed by atoms with Crippen LogP contribution in [0.2, 0.25) is 0 Å². The zero-order valence-corrected chi connectivity index (χ0v) is 20.9. The van der Waals surface area contributed by atoms with Gasteiger partial charge in [-0.2, -0.15) is 0 Å². The van der Waals surface area contributed by atoms with Crippen molar-refractivity contribution >= 4 is 27.5 Å². The van der Waals surface area contributed by atoms with Gasteiger partial charge in [0.25, 0.3) is 11.5 Å². The fourth-order valence-corrected chi connectivity index (χ4v) is 6.80. The van der Waals surface area contributed by atoms with Gasteiger partial charge < -0.3 is 19.4 Å². The lowest BCUT2D eigenvalue weighted by Crippen LogP contribution is -2.54. The van der Waals surface area contributed by atoms with E-state index in [4.69, 9.17) is 14.5 Å². The first-order valence-electron chi connectivity index (χ1n) is 12.4. The number of carbonyl (C=O) groups is 1. The molecule has 3 aromatic rings. The average Bonchev–Trinajstić information content (AvgIpc) is 3.25. The summed E-state index contributed by atoms with van der Waals surface area (Å²) in [5.74, 6) is 2.61. The SMILES string of the molecule is CC1CCc2c(sc3nc(C(C)N4CCN(C(=O)C5COc6ccccc6O5)CC4)[nH]c(=O)c23)C1. The summed E-state index contributed by atoms with van der Waals surface area (Å²) in [6, 6.07) is 7.39. The number of amides is 1. The molecule has 4 heterocycles. The molecule has 3 atom stereocenters. The highest BCUT2D eigenvalue weighted by atomic mass is 32.1. The van der Waals surface area contributed by atoms with Crippen LogP contribution in [0.5, 0.6) is 11.5 Å². The summed E-state index contributed by atoms with van der Waals surface area (Å²) in [6.07, 6.45) is 2.51. The van der Waals surface area contributed by atoms with Gasteiger partial charge in [-0.15, -0.1) is 11.3 Å². The maximum Gasteiger partial charge on any atom is 0.267 e. The summed E-state index contributed by atoms with van der Waals surface area (Å²) in [7, 11) is 0. The van der Waals surface area contributed by atoms with Crippen LogP contribution in [0.15, 0.2) is 29.1 Å². The maximum atomic E-state index is 13.1. The third-order valence-electron chi connectivity index (χ3n) is 7.54. The zero-order valence-electron chi connectivity index (χ0n) is 20.1. The second-order valence-electron chi connectivity index (χ2n) is 9.88. The number of nitrogens with one attached hydrogen (secondary N) is 1. The largest absolute Gasteiger partial charge is 0.485 e. The Bertz CT molecular complexity index is 1330. The third kappa shape index (κ3) is 4.10. The van der Waals surface area contributed by atoms with Crippen molar-refractivity contribution in [3.05, 3.63) is 50.9 Å². The Morgan fingerprint density at radius 3 is 2.77 bits per heavy atom. The number of piperazine rings is 1. The molecule has 2 aliphatic heterocycles. The average molecular weight is 495 g/mol. The highest BCUT2D eigenvalue weighted by Gasteiger charge is 2.34. The number of hydrogen-bond acceptors (Lipinski definition) is 7. The molecule has 2 aromatic heterocycles. The van der Waals surface area contributed by atoms with Gasteiger partial charge in [-0.1, -0.05) is 19.1 Å². The van der Waals surface area contributed by atoms with Gasteiger partial charge in [-0.05, 0) is 49.8 Å². The normalized spacial score (nSPS) is 23.2. The van der Waals surface area contributed by atoms with Gasteiger partial charge in [0.15, 0.2) is 11.5 Å². The molecular weight excluding hydrogens is 464 g/mol. The van der Waals surface area contributed by atoms with Crippen LogP contribution in [-0.2, 0) is 17.6 Å². The van der Waals surface area contributed by atoms with Gasteiger partial charge in [-0.25, -0.2) is 4.98 Å². The Morgan fingerprint density at radius 1 is 1.20 bits per heavy atom. The molecule has 0 spiro atoms. The number of rotatable bonds is 3. The van der Waals surface area contributed by atoms with Crippen molar-refractivity contribution in [2.75, 3.05) is 32.8 Å². The van der Waals surface area contributed by atoms with Crippen molar-refractivity contribution in [1.29, 1.82) is 0 Å². The molecule has 1 fully saturated rings. The lowest BCUT2D eigenvalue weighted by molar-refractivity contribution is -0.143. The van der Waals surface area contributed by atoms with Gasteiger partial charge in [0.1, 0.15) is 17.3 Å². The van der Waals surface area contributed by atoms with E-state index in [1.165, 1.54) is 10.4 Å². The molecule has 8 nitrogen and oxygen atoms in total. The molecule has 0 bridgehead atoms. The number of thiophene rings is 1. The van der Waals surface area contributed by atoms with Crippen LogP contribution in [0.4, 0.5) is 0 Å². The first kappa shape index (κ1) is 22.5. The van der Waals surface area contributed by atoms with E-state index in [9.17, 15) is 9.59 Å². The predicted octanol–water partition coefficient (Wildman–Crippen LogP) is 3.15. The molecule has 6 rings (SSSR count). The van der Waals surface area contributed by atoms with E-state index in [0.717, 1.165) is 29.5 Å². The van der Waals surface area contributed by atoms with Crippen molar-refractivity contribution in [2.45, 2.75) is 45.3 Å². The predicted molar refractivity (Wildman–Crippen MR) is 134 cm³/mol. The fraction of sp³-hybridized carbons (Fsp3) is 0.500. The number of H-pyrrole nitrogens is 1. The van der Waals surface area contributed by atoms with E-state index in [1.807, 2.05) is 29.2 Å². The smallest absolute Gasteiger partial charge is 0.267 e. The fourth-order valence-electron chi connectivity index (χ4n) is 5.41. The Kier molecular flexibility index (Phi) is 5.76. The molecule has 1 aromatic carbocycles. The summed E-state index contributed by atoms with van der Waals surface area (Å²) in [5.41, 5.74) is 1.19. The first-order chi connectivity index (χ1) is 17.0. The van der Waals surface area contributed by atoms with Gasteiger partial charge in [0.2, 0.25) is 6.10 Å². The Hall–Kier alpha value is -2.91. The minimum atomic E-state index is -0.623. The molecule has 1 amide bonds. The minimum Gasteiger partial charge on any atom is -0.485 e. The number of carbonyl (C=O) groups excluding carboxylic acids is 1. The quantitative estimate of drug-likeness (QED) is 0.602. The number of aryl methyl sites for hydroxylation is 1. The molecule has 1 aliphatic carbocycles. The van der Waals surface area contributed by atoms with Crippen molar-refractivity contribution in [3.63, 3.8) is 0 Å². The van der Waals surface area contributed by atoms with Crippen LogP contribution in [0, 0.1) is 5.92 Å². The van der Waals surface area contributed by atoms with Crippen LogP contribution in [0.3, 0.4) is 0 Å². The number of benzene rings is 1. The van der Waals surface area contributed by atoms with Crippen LogP contribution >= 0.6 is 11.3 Å². The van der Waals surface area contributed by atoms with E-state index in [2.05, 4.69) is 23.7 Å². The Balaban J connectivity index is 1.13. The third-order valence-corrected chi connectivity index (χ3v) is 8.69. The summed E-state index contributed by atoms with van der Waals surface area (Å²) >= 11 is 1.68. The highest BCUT2D eigenvalue weighted by molar-refractivity contribution is 7.18. The van der Waals surface area contributed by atoms with E-state index in [0.29, 0.717) is 49.4 Å². The number of ether oxygens (including phenoxy) is 2. The molecule has 3 unspecified atom stereocenters. The van der Waals surface area contributed by atoms with Crippen molar-refractivity contribution in [2.24, 2.45) is 5.92 Å². The molecule has 3 aliphatic rings. The zero-order chi connectivity index (χ0) is 24.1. The molecule has 0 radical (unpaired) electrons. The van der Waals surface area contributed by atoms with E-state index < -0.39 is 6.10 Å². The summed E-state index contributed by atoms with van der Waals surface area (Å²) < 4.78 is 11.6. The lowest BCUT2D eigenvalue weighted by atomic mass is 9.89. The molecule has 9 heteroatoms. The van der Waals surface area contributed by atoms with Crippen LogP contribution < -0.4 is 15.0 Å². The first-order valence-corrected chi connectivity index (χ1v) is 13.3. The Labute approximate surface area is 207 Å².